The van der Waals surface area contributed by atoms with Gasteiger partial charge in [-0.05, 0) is 67.5 Å². The van der Waals surface area contributed by atoms with Gasteiger partial charge in [-0.15, -0.1) is 0 Å². The van der Waals surface area contributed by atoms with E-state index >= 15 is 0 Å². The number of methoxy groups -OCH3 is 1. The van der Waals surface area contributed by atoms with E-state index in [1.54, 1.807) is 30.5 Å². The third-order valence-electron chi connectivity index (χ3n) is 8.08. The van der Waals surface area contributed by atoms with Crippen LogP contribution in [0.4, 0.5) is 5.82 Å². The topological polar surface area (TPSA) is 119 Å². The van der Waals surface area contributed by atoms with Gasteiger partial charge in [0.05, 0.1) is 48.7 Å². The van der Waals surface area contributed by atoms with Crippen LogP contribution in [0.1, 0.15) is 49.7 Å². The maximum absolute atomic E-state index is 12.1. The minimum absolute atomic E-state index is 0.137. The van der Waals surface area contributed by atoms with E-state index in [1.165, 1.54) is 7.11 Å². The standard InChI is InChI=1S/C31H38N6O4Si/c1-20(41-28-17-22-15-21(30(38)39-5)9-10-25(22)35-29(28)32)24-18-26-23(16-27(24)36-12-8-11-33-36)19-34-37(26)13-14-40-42(6,7)31(2,3)4/h8-12,15-20H,13-14H2,1-7H3,(H2,32,35). The number of rotatable bonds is 9. The zero-order valence-electron chi connectivity index (χ0n) is 25.2. The molecule has 0 bridgehead atoms. The molecule has 3 aromatic heterocycles. The fourth-order valence-corrected chi connectivity index (χ4v) is 5.65. The molecule has 0 aliphatic carbocycles. The van der Waals surface area contributed by atoms with E-state index in [-0.39, 0.29) is 10.9 Å². The first-order valence-electron chi connectivity index (χ1n) is 14.0. The van der Waals surface area contributed by atoms with Gasteiger partial charge in [-0.25, -0.2) is 14.5 Å². The number of benzene rings is 2. The second-order valence-corrected chi connectivity index (χ2v) is 16.7. The summed E-state index contributed by atoms with van der Waals surface area (Å²) in [5.41, 5.74) is 10.1. The van der Waals surface area contributed by atoms with Crippen LogP contribution in [-0.2, 0) is 15.7 Å². The molecule has 3 heterocycles. The van der Waals surface area contributed by atoms with Crippen molar-refractivity contribution in [2.75, 3.05) is 19.5 Å². The van der Waals surface area contributed by atoms with Gasteiger partial charge in [-0.1, -0.05) is 20.8 Å². The molecular formula is C31H38N6O4Si. The fraction of sp³-hybridized carbons (Fsp3) is 0.355. The van der Waals surface area contributed by atoms with Crippen molar-refractivity contribution in [3.05, 3.63) is 72.2 Å². The summed E-state index contributed by atoms with van der Waals surface area (Å²) in [5.74, 6) is 0.252. The molecule has 0 fully saturated rings. The summed E-state index contributed by atoms with van der Waals surface area (Å²) in [4.78, 5) is 16.6. The largest absolute Gasteiger partial charge is 0.482 e. The van der Waals surface area contributed by atoms with Crippen LogP contribution in [0, 0.1) is 0 Å². The summed E-state index contributed by atoms with van der Waals surface area (Å²) in [6, 6.07) is 13.0. The van der Waals surface area contributed by atoms with Gasteiger partial charge in [0.2, 0.25) is 0 Å². The van der Waals surface area contributed by atoms with Crippen LogP contribution in [0.25, 0.3) is 27.5 Å². The van der Waals surface area contributed by atoms with E-state index in [1.807, 2.05) is 34.7 Å². The van der Waals surface area contributed by atoms with E-state index in [0.717, 1.165) is 27.5 Å². The number of carbonyl (C=O) groups is 1. The molecule has 220 valence electrons. The summed E-state index contributed by atoms with van der Waals surface area (Å²) in [6.07, 6.45) is 5.08. The van der Waals surface area contributed by atoms with Crippen LogP contribution >= 0.6 is 0 Å². The summed E-state index contributed by atoms with van der Waals surface area (Å²) in [7, 11) is -0.524. The lowest BCUT2D eigenvalue weighted by atomic mass is 10.1. The first-order valence-corrected chi connectivity index (χ1v) is 16.9. The predicted octanol–water partition coefficient (Wildman–Crippen LogP) is 6.30. The average molecular weight is 587 g/mol. The Morgan fingerprint density at radius 1 is 1.10 bits per heavy atom. The summed E-state index contributed by atoms with van der Waals surface area (Å²) < 4.78 is 21.5. The molecule has 11 heteroatoms. The van der Waals surface area contributed by atoms with Crippen LogP contribution in [0.15, 0.2) is 61.1 Å². The number of pyridine rings is 1. The SMILES string of the molecule is COC(=O)c1ccc2nc(N)c(OC(C)c3cc4c(cnn4CCO[Si](C)(C)C(C)(C)C)cc3-n3cccn3)cc2c1. The van der Waals surface area contributed by atoms with Crippen LogP contribution in [-0.4, -0.2) is 52.5 Å². The van der Waals surface area contributed by atoms with Crippen molar-refractivity contribution in [2.45, 2.75) is 58.5 Å². The molecular weight excluding hydrogens is 548 g/mol. The molecule has 5 rings (SSSR count). The molecule has 0 aliphatic heterocycles. The molecule has 10 nitrogen and oxygen atoms in total. The Morgan fingerprint density at radius 3 is 2.57 bits per heavy atom. The van der Waals surface area contributed by atoms with Crippen molar-refractivity contribution in [1.29, 1.82) is 0 Å². The number of esters is 1. The number of hydrogen-bond acceptors (Lipinski definition) is 8. The van der Waals surface area contributed by atoms with Gasteiger partial charge in [-0.2, -0.15) is 10.2 Å². The zero-order valence-corrected chi connectivity index (χ0v) is 26.2. The third-order valence-corrected chi connectivity index (χ3v) is 12.6. The van der Waals surface area contributed by atoms with Crippen molar-refractivity contribution in [1.82, 2.24) is 24.5 Å². The molecule has 0 radical (unpaired) electrons. The highest BCUT2D eigenvalue weighted by Crippen LogP contribution is 2.37. The number of anilines is 1. The summed E-state index contributed by atoms with van der Waals surface area (Å²) in [6.45, 7) is 14.4. The number of fused-ring (bicyclic) bond motifs is 2. The van der Waals surface area contributed by atoms with Gasteiger partial charge in [0.25, 0.3) is 0 Å². The third kappa shape index (κ3) is 5.75. The molecule has 0 saturated carbocycles. The minimum atomic E-state index is -1.88. The van der Waals surface area contributed by atoms with Crippen LogP contribution < -0.4 is 10.5 Å². The van der Waals surface area contributed by atoms with E-state index in [0.29, 0.717) is 30.0 Å². The molecule has 0 spiro atoms. The Balaban J connectivity index is 1.48. The zero-order chi connectivity index (χ0) is 30.2. The lowest BCUT2D eigenvalue weighted by molar-refractivity contribution is 0.0601. The molecule has 0 amide bonds. The smallest absolute Gasteiger partial charge is 0.337 e. The molecule has 2 aromatic carbocycles. The maximum atomic E-state index is 12.1. The Hall–Kier alpha value is -4.22. The van der Waals surface area contributed by atoms with Crippen molar-refractivity contribution >= 4 is 41.9 Å². The monoisotopic (exact) mass is 586 g/mol. The van der Waals surface area contributed by atoms with Gasteiger partial charge < -0.3 is 19.6 Å². The number of ether oxygens (including phenoxy) is 2. The van der Waals surface area contributed by atoms with Gasteiger partial charge in [0.1, 0.15) is 6.10 Å². The van der Waals surface area contributed by atoms with Crippen molar-refractivity contribution < 1.29 is 18.7 Å². The van der Waals surface area contributed by atoms with Crippen molar-refractivity contribution in [3.8, 4) is 11.4 Å². The van der Waals surface area contributed by atoms with E-state index in [4.69, 9.17) is 19.6 Å². The Morgan fingerprint density at radius 2 is 1.88 bits per heavy atom. The number of nitrogens with two attached hydrogens (primary N) is 1. The van der Waals surface area contributed by atoms with Crippen LogP contribution in [0.2, 0.25) is 18.1 Å². The lowest BCUT2D eigenvalue weighted by Crippen LogP contribution is -2.41. The quantitative estimate of drug-likeness (QED) is 0.158. The molecule has 0 saturated heterocycles. The maximum Gasteiger partial charge on any atom is 0.337 e. The second kappa shape index (κ2) is 11.2. The number of nitrogen functional groups attached to an aromatic ring is 1. The molecule has 42 heavy (non-hydrogen) atoms. The second-order valence-electron chi connectivity index (χ2n) is 11.9. The van der Waals surface area contributed by atoms with Crippen molar-refractivity contribution in [2.24, 2.45) is 0 Å². The van der Waals surface area contributed by atoms with Crippen molar-refractivity contribution in [3.63, 3.8) is 0 Å². The van der Waals surface area contributed by atoms with Gasteiger partial charge in [0, 0.05) is 28.7 Å². The Labute approximate surface area is 246 Å². The number of hydrogen-bond donors (Lipinski definition) is 1. The van der Waals surface area contributed by atoms with Gasteiger partial charge in [-0.3, -0.25) is 4.68 Å². The summed E-state index contributed by atoms with van der Waals surface area (Å²) >= 11 is 0. The first-order chi connectivity index (χ1) is 19.9. The van der Waals surface area contributed by atoms with Gasteiger partial charge >= 0.3 is 5.97 Å². The predicted molar refractivity (Wildman–Crippen MR) is 167 cm³/mol. The normalized spacial score (nSPS) is 13.0. The Bertz CT molecular complexity index is 1740. The van der Waals surface area contributed by atoms with Crippen LogP contribution in [0.5, 0.6) is 5.75 Å². The van der Waals surface area contributed by atoms with E-state index in [9.17, 15) is 4.79 Å². The number of carbonyl (C=O) groups excluding carboxylic acids is 1. The Kier molecular flexibility index (Phi) is 7.82. The number of nitrogens with zero attached hydrogens (tertiary/aromatic N) is 5. The average Bonchev–Trinajstić information content (AvgIpc) is 3.62. The van der Waals surface area contributed by atoms with Crippen LogP contribution in [0.3, 0.4) is 0 Å². The summed E-state index contributed by atoms with van der Waals surface area (Å²) in [5, 5.41) is 11.0. The highest BCUT2D eigenvalue weighted by atomic mass is 28.4. The van der Waals surface area contributed by atoms with E-state index < -0.39 is 20.4 Å². The molecule has 5 aromatic rings. The van der Waals surface area contributed by atoms with E-state index in [2.05, 4.69) is 61.2 Å². The number of aromatic nitrogens is 5. The lowest BCUT2D eigenvalue weighted by Gasteiger charge is -2.36. The molecule has 1 unspecified atom stereocenters. The highest BCUT2D eigenvalue weighted by Gasteiger charge is 2.37. The molecule has 2 N–H and O–H groups in total. The fourth-order valence-electron chi connectivity index (χ4n) is 4.61. The highest BCUT2D eigenvalue weighted by molar-refractivity contribution is 6.74. The van der Waals surface area contributed by atoms with Gasteiger partial charge in [0.15, 0.2) is 19.9 Å². The molecule has 0 aliphatic rings. The minimum Gasteiger partial charge on any atom is -0.482 e. The molecule has 1 atom stereocenters. The first kappa shape index (κ1) is 29.3.